The molecule has 0 saturated heterocycles. The molecule has 1 aromatic rings. The highest BCUT2D eigenvalue weighted by atomic mass is 32.2. The predicted molar refractivity (Wildman–Crippen MR) is 61.7 cm³/mol. The molecule has 0 unspecified atom stereocenters. The van der Waals surface area contributed by atoms with Crippen LogP contribution >= 0.6 is 11.8 Å². The summed E-state index contributed by atoms with van der Waals surface area (Å²) in [6.45, 7) is 0. The quantitative estimate of drug-likeness (QED) is 0.732. The standard InChI is InChI=1S/C12H14O2S/c1-14-11(13)12(7-8-12)15-9-10-5-3-2-4-6-10/h2-6H,7-9H2,1H3. The zero-order valence-electron chi connectivity index (χ0n) is 8.73. The first kappa shape index (κ1) is 10.6. The van der Waals surface area contributed by atoms with Gasteiger partial charge in [0.1, 0.15) is 4.75 Å². The third-order valence-corrected chi connectivity index (χ3v) is 4.22. The summed E-state index contributed by atoms with van der Waals surface area (Å²) in [4.78, 5) is 11.5. The van der Waals surface area contributed by atoms with Crippen LogP contribution in [0.1, 0.15) is 18.4 Å². The van der Waals surface area contributed by atoms with Crippen molar-refractivity contribution in [1.82, 2.24) is 0 Å². The molecule has 0 spiro atoms. The first-order valence-electron chi connectivity index (χ1n) is 5.03. The van der Waals surface area contributed by atoms with E-state index in [1.807, 2.05) is 18.2 Å². The molecule has 0 bridgehead atoms. The molecule has 1 fully saturated rings. The van der Waals surface area contributed by atoms with Gasteiger partial charge in [-0.1, -0.05) is 30.3 Å². The Hall–Kier alpha value is -0.960. The average molecular weight is 222 g/mol. The van der Waals surface area contributed by atoms with Gasteiger partial charge in [-0.05, 0) is 18.4 Å². The molecule has 0 aromatic heterocycles. The number of benzene rings is 1. The highest BCUT2D eigenvalue weighted by molar-refractivity contribution is 8.00. The Labute approximate surface area is 94.0 Å². The summed E-state index contributed by atoms with van der Waals surface area (Å²) in [7, 11) is 1.46. The molecule has 0 aliphatic heterocycles. The molecule has 1 saturated carbocycles. The zero-order valence-corrected chi connectivity index (χ0v) is 9.55. The molecule has 1 aliphatic carbocycles. The Morgan fingerprint density at radius 3 is 2.60 bits per heavy atom. The van der Waals surface area contributed by atoms with Gasteiger partial charge in [0, 0.05) is 5.75 Å². The van der Waals surface area contributed by atoms with Crippen molar-refractivity contribution in [2.45, 2.75) is 23.3 Å². The van der Waals surface area contributed by atoms with Crippen molar-refractivity contribution in [1.29, 1.82) is 0 Å². The number of esters is 1. The lowest BCUT2D eigenvalue weighted by Gasteiger charge is -2.11. The highest BCUT2D eigenvalue weighted by Gasteiger charge is 2.51. The van der Waals surface area contributed by atoms with Crippen molar-refractivity contribution in [3.05, 3.63) is 35.9 Å². The molecule has 1 aromatic carbocycles. The van der Waals surface area contributed by atoms with E-state index in [4.69, 9.17) is 4.74 Å². The smallest absolute Gasteiger partial charge is 0.321 e. The third kappa shape index (κ3) is 2.34. The van der Waals surface area contributed by atoms with Crippen LogP contribution in [-0.2, 0) is 15.3 Å². The maximum Gasteiger partial charge on any atom is 0.321 e. The number of carbonyl (C=O) groups is 1. The Kier molecular flexibility index (Phi) is 3.00. The average Bonchev–Trinajstić information content (AvgIpc) is 3.08. The minimum Gasteiger partial charge on any atom is -0.468 e. The van der Waals surface area contributed by atoms with Gasteiger partial charge in [0.25, 0.3) is 0 Å². The van der Waals surface area contributed by atoms with Crippen LogP contribution < -0.4 is 0 Å². The second-order valence-electron chi connectivity index (χ2n) is 3.76. The number of thioether (sulfide) groups is 1. The largest absolute Gasteiger partial charge is 0.468 e. The van der Waals surface area contributed by atoms with Gasteiger partial charge in [-0.2, -0.15) is 0 Å². The number of ether oxygens (including phenoxy) is 1. The molecule has 0 amide bonds. The van der Waals surface area contributed by atoms with Crippen molar-refractivity contribution in [2.75, 3.05) is 7.11 Å². The van der Waals surface area contributed by atoms with Crippen LogP contribution in [0.15, 0.2) is 30.3 Å². The lowest BCUT2D eigenvalue weighted by Crippen LogP contribution is -2.20. The Bertz CT molecular complexity index is 344. The fraction of sp³-hybridized carbons (Fsp3) is 0.417. The van der Waals surface area contributed by atoms with Crippen molar-refractivity contribution in [3.8, 4) is 0 Å². The maximum atomic E-state index is 11.5. The summed E-state index contributed by atoms with van der Waals surface area (Å²) in [6, 6.07) is 10.2. The van der Waals surface area contributed by atoms with E-state index < -0.39 is 0 Å². The van der Waals surface area contributed by atoms with E-state index in [1.165, 1.54) is 12.7 Å². The van der Waals surface area contributed by atoms with Gasteiger partial charge in [0.2, 0.25) is 0 Å². The molecular weight excluding hydrogens is 208 g/mol. The Morgan fingerprint density at radius 2 is 2.07 bits per heavy atom. The van der Waals surface area contributed by atoms with Gasteiger partial charge in [0.15, 0.2) is 0 Å². The van der Waals surface area contributed by atoms with E-state index in [1.54, 1.807) is 11.8 Å². The van der Waals surface area contributed by atoms with Crippen LogP contribution in [-0.4, -0.2) is 17.8 Å². The van der Waals surface area contributed by atoms with Gasteiger partial charge in [0.05, 0.1) is 7.11 Å². The predicted octanol–water partition coefficient (Wildman–Crippen LogP) is 2.63. The zero-order chi connectivity index (χ0) is 10.7. The summed E-state index contributed by atoms with van der Waals surface area (Å²) in [5.41, 5.74) is 1.26. The van der Waals surface area contributed by atoms with E-state index in [-0.39, 0.29) is 10.7 Å². The first-order chi connectivity index (χ1) is 7.27. The van der Waals surface area contributed by atoms with Gasteiger partial charge in [-0.3, -0.25) is 4.79 Å². The number of hydrogen-bond donors (Lipinski definition) is 0. The van der Waals surface area contributed by atoms with Crippen molar-refractivity contribution < 1.29 is 9.53 Å². The van der Waals surface area contributed by atoms with Gasteiger partial charge in [-0.25, -0.2) is 0 Å². The maximum absolute atomic E-state index is 11.5. The van der Waals surface area contributed by atoms with Crippen LogP contribution in [0.25, 0.3) is 0 Å². The summed E-state index contributed by atoms with van der Waals surface area (Å²) in [5.74, 6) is 0.819. The summed E-state index contributed by atoms with van der Waals surface area (Å²) in [5, 5.41) is 0. The molecular formula is C12H14O2S. The number of carbonyl (C=O) groups excluding carboxylic acids is 1. The number of rotatable bonds is 4. The fourth-order valence-electron chi connectivity index (χ4n) is 1.50. The Balaban J connectivity index is 1.91. The van der Waals surface area contributed by atoms with Crippen LogP contribution in [0.2, 0.25) is 0 Å². The minimum absolute atomic E-state index is 0.0663. The van der Waals surface area contributed by atoms with Crippen molar-refractivity contribution >= 4 is 17.7 Å². The molecule has 2 rings (SSSR count). The van der Waals surface area contributed by atoms with Crippen LogP contribution in [0, 0.1) is 0 Å². The molecule has 80 valence electrons. The molecule has 0 atom stereocenters. The molecule has 0 heterocycles. The second kappa shape index (κ2) is 4.27. The molecule has 1 aliphatic rings. The van der Waals surface area contributed by atoms with Crippen molar-refractivity contribution in [3.63, 3.8) is 0 Å². The summed E-state index contributed by atoms with van der Waals surface area (Å²) < 4.78 is 4.57. The molecule has 0 radical (unpaired) electrons. The normalized spacial score (nSPS) is 17.1. The third-order valence-electron chi connectivity index (χ3n) is 2.62. The van der Waals surface area contributed by atoms with E-state index in [2.05, 4.69) is 12.1 Å². The summed E-state index contributed by atoms with van der Waals surface area (Å²) in [6.07, 6.45) is 1.91. The van der Waals surface area contributed by atoms with Crippen molar-refractivity contribution in [2.24, 2.45) is 0 Å². The molecule has 3 heteroatoms. The lowest BCUT2D eigenvalue weighted by atomic mass is 10.2. The monoisotopic (exact) mass is 222 g/mol. The number of methoxy groups -OCH3 is 1. The van der Waals surface area contributed by atoms with E-state index in [0.29, 0.717) is 0 Å². The molecule has 0 N–H and O–H groups in total. The first-order valence-corrected chi connectivity index (χ1v) is 6.02. The highest BCUT2D eigenvalue weighted by Crippen LogP contribution is 2.50. The van der Waals surface area contributed by atoms with E-state index in [0.717, 1.165) is 18.6 Å². The van der Waals surface area contributed by atoms with E-state index >= 15 is 0 Å². The number of hydrogen-bond acceptors (Lipinski definition) is 3. The summed E-state index contributed by atoms with van der Waals surface area (Å²) >= 11 is 1.70. The van der Waals surface area contributed by atoms with Crippen LogP contribution in [0.3, 0.4) is 0 Å². The lowest BCUT2D eigenvalue weighted by molar-refractivity contribution is -0.140. The SMILES string of the molecule is COC(=O)C1(SCc2ccccc2)CC1. The Morgan fingerprint density at radius 1 is 1.40 bits per heavy atom. The minimum atomic E-state index is -0.232. The van der Waals surface area contributed by atoms with E-state index in [9.17, 15) is 4.79 Å². The molecule has 15 heavy (non-hydrogen) atoms. The molecule has 2 nitrogen and oxygen atoms in total. The topological polar surface area (TPSA) is 26.3 Å². The second-order valence-corrected chi connectivity index (χ2v) is 5.12. The fourth-order valence-corrected chi connectivity index (χ4v) is 2.73. The van der Waals surface area contributed by atoms with Gasteiger partial charge in [-0.15, -0.1) is 11.8 Å². The van der Waals surface area contributed by atoms with Crippen LogP contribution in [0.5, 0.6) is 0 Å². The van der Waals surface area contributed by atoms with Crippen LogP contribution in [0.4, 0.5) is 0 Å². The van der Waals surface area contributed by atoms with Gasteiger partial charge >= 0.3 is 5.97 Å². The van der Waals surface area contributed by atoms with Gasteiger partial charge < -0.3 is 4.74 Å².